The summed E-state index contributed by atoms with van der Waals surface area (Å²) in [7, 11) is 1.47. The van der Waals surface area contributed by atoms with Crippen molar-refractivity contribution < 1.29 is 14.3 Å². The molecule has 1 unspecified atom stereocenters. The Labute approximate surface area is 117 Å². The van der Waals surface area contributed by atoms with Crippen LogP contribution >= 0.6 is 0 Å². The van der Waals surface area contributed by atoms with Gasteiger partial charge in [0.05, 0.1) is 12.5 Å². The largest absolute Gasteiger partial charge is 0.475 e. The van der Waals surface area contributed by atoms with Crippen LogP contribution in [-0.2, 0) is 9.59 Å². The van der Waals surface area contributed by atoms with Crippen LogP contribution in [0.4, 0.5) is 5.95 Å². The smallest absolute Gasteiger partial charge is 0.252 e. The number of imide groups is 1. The summed E-state index contributed by atoms with van der Waals surface area (Å²) in [5.74, 6) is 0.257. The number of nitrogens with zero attached hydrogens (tertiary/aromatic N) is 3. The highest BCUT2D eigenvalue weighted by Gasteiger charge is 2.36. The number of likely N-dealkylation sites (N-methyl/N-ethyl adjacent to an activating group) is 1. The highest BCUT2D eigenvalue weighted by Crippen LogP contribution is 2.18. The number of aromatic nitrogens is 2. The maximum absolute atomic E-state index is 11.8. The number of nitrogens with one attached hydrogen (secondary N) is 1. The maximum Gasteiger partial charge on any atom is 0.252 e. The lowest BCUT2D eigenvalue weighted by Gasteiger charge is -2.14. The van der Waals surface area contributed by atoms with Crippen LogP contribution in [0.5, 0.6) is 5.88 Å². The summed E-state index contributed by atoms with van der Waals surface area (Å²) >= 11 is 0. The Morgan fingerprint density at radius 2 is 2.10 bits per heavy atom. The minimum absolute atomic E-state index is 0.00188. The van der Waals surface area contributed by atoms with Gasteiger partial charge in [-0.1, -0.05) is 0 Å². The zero-order valence-electron chi connectivity index (χ0n) is 12.0. The van der Waals surface area contributed by atoms with Crippen LogP contribution in [0.25, 0.3) is 0 Å². The Hall–Kier alpha value is -2.18. The summed E-state index contributed by atoms with van der Waals surface area (Å²) in [5, 5.41) is 2.89. The van der Waals surface area contributed by atoms with Crippen LogP contribution in [0.15, 0.2) is 6.07 Å². The first kappa shape index (κ1) is 14.2. The number of aryl methyl sites for hydroxylation is 1. The molecule has 2 heterocycles. The molecule has 1 atom stereocenters. The molecular weight excluding hydrogens is 260 g/mol. The number of hydrogen-bond acceptors (Lipinski definition) is 6. The van der Waals surface area contributed by atoms with Gasteiger partial charge in [0.1, 0.15) is 6.04 Å². The fourth-order valence-electron chi connectivity index (χ4n) is 1.93. The Bertz CT molecular complexity index is 544. The molecule has 0 aromatic carbocycles. The summed E-state index contributed by atoms with van der Waals surface area (Å²) in [6.07, 6.45) is 0.116. The third kappa shape index (κ3) is 3.04. The fraction of sp³-hybridized carbons (Fsp3) is 0.538. The van der Waals surface area contributed by atoms with Gasteiger partial charge in [-0.25, -0.2) is 4.98 Å². The molecule has 0 saturated carbocycles. The predicted octanol–water partition coefficient (Wildman–Crippen LogP) is 0.741. The van der Waals surface area contributed by atoms with E-state index >= 15 is 0 Å². The number of rotatable bonds is 4. The van der Waals surface area contributed by atoms with Gasteiger partial charge in [-0.15, -0.1) is 0 Å². The van der Waals surface area contributed by atoms with Gasteiger partial charge in [-0.3, -0.25) is 14.5 Å². The third-order valence-electron chi connectivity index (χ3n) is 2.87. The van der Waals surface area contributed by atoms with Gasteiger partial charge >= 0.3 is 0 Å². The average molecular weight is 278 g/mol. The van der Waals surface area contributed by atoms with E-state index < -0.39 is 6.04 Å². The molecule has 1 fully saturated rings. The van der Waals surface area contributed by atoms with Crippen molar-refractivity contribution >= 4 is 17.8 Å². The molecule has 1 aromatic rings. The third-order valence-corrected chi connectivity index (χ3v) is 2.87. The number of carbonyl (C=O) groups excluding carboxylic acids is 2. The lowest BCUT2D eigenvalue weighted by atomic mass is 10.2. The highest BCUT2D eigenvalue weighted by atomic mass is 16.5. The van der Waals surface area contributed by atoms with Gasteiger partial charge in [-0.2, -0.15) is 4.98 Å². The fourth-order valence-corrected chi connectivity index (χ4v) is 1.93. The van der Waals surface area contributed by atoms with Gasteiger partial charge in [0.2, 0.25) is 17.7 Å². The lowest BCUT2D eigenvalue weighted by molar-refractivity contribution is -0.136. The molecule has 2 rings (SSSR count). The van der Waals surface area contributed by atoms with Gasteiger partial charge in [0, 0.05) is 18.8 Å². The number of likely N-dealkylation sites (tertiary alicyclic amines) is 1. The van der Waals surface area contributed by atoms with E-state index in [1.54, 1.807) is 6.07 Å². The molecular formula is C13H18N4O3. The first-order valence-electron chi connectivity index (χ1n) is 6.46. The lowest BCUT2D eigenvalue weighted by Crippen LogP contribution is -2.32. The summed E-state index contributed by atoms with van der Waals surface area (Å²) in [5.41, 5.74) is 0.725. The van der Waals surface area contributed by atoms with E-state index in [-0.39, 0.29) is 24.3 Å². The molecule has 108 valence electrons. The topological polar surface area (TPSA) is 84.4 Å². The van der Waals surface area contributed by atoms with Crippen molar-refractivity contribution in [3.8, 4) is 5.88 Å². The molecule has 2 amide bonds. The molecule has 1 N–H and O–H groups in total. The molecule has 0 aliphatic carbocycles. The molecule has 0 spiro atoms. The Balaban J connectivity index is 2.15. The van der Waals surface area contributed by atoms with Crippen molar-refractivity contribution in [1.82, 2.24) is 14.9 Å². The van der Waals surface area contributed by atoms with E-state index in [9.17, 15) is 9.59 Å². The van der Waals surface area contributed by atoms with Gasteiger partial charge in [-0.05, 0) is 20.8 Å². The molecule has 1 saturated heterocycles. The van der Waals surface area contributed by atoms with Crippen LogP contribution in [0.1, 0.15) is 26.0 Å². The summed E-state index contributed by atoms with van der Waals surface area (Å²) in [6.45, 7) is 5.62. The highest BCUT2D eigenvalue weighted by molar-refractivity contribution is 6.06. The van der Waals surface area contributed by atoms with Crippen molar-refractivity contribution in [3.63, 3.8) is 0 Å². The van der Waals surface area contributed by atoms with Gasteiger partial charge in [0.25, 0.3) is 5.91 Å². The van der Waals surface area contributed by atoms with Crippen LogP contribution < -0.4 is 10.1 Å². The second-order valence-electron chi connectivity index (χ2n) is 5.03. The van der Waals surface area contributed by atoms with E-state index in [0.717, 1.165) is 10.6 Å². The normalized spacial score (nSPS) is 18.9. The average Bonchev–Trinajstić information content (AvgIpc) is 2.55. The molecule has 0 bridgehead atoms. The van der Waals surface area contributed by atoms with Crippen LogP contribution in [0, 0.1) is 6.92 Å². The zero-order chi connectivity index (χ0) is 14.9. The predicted molar refractivity (Wildman–Crippen MR) is 72.3 cm³/mol. The second-order valence-corrected chi connectivity index (χ2v) is 5.03. The van der Waals surface area contributed by atoms with Crippen molar-refractivity contribution in [2.24, 2.45) is 0 Å². The van der Waals surface area contributed by atoms with E-state index in [1.807, 2.05) is 20.8 Å². The Kier molecular flexibility index (Phi) is 3.87. The molecule has 7 heteroatoms. The zero-order valence-corrected chi connectivity index (χ0v) is 12.0. The molecule has 1 aliphatic rings. The van der Waals surface area contributed by atoms with Gasteiger partial charge in [0.15, 0.2) is 0 Å². The van der Waals surface area contributed by atoms with Crippen LogP contribution in [-0.4, -0.2) is 45.9 Å². The molecule has 1 aromatic heterocycles. The number of anilines is 1. The Morgan fingerprint density at radius 1 is 1.40 bits per heavy atom. The van der Waals surface area contributed by atoms with Crippen molar-refractivity contribution in [2.75, 3.05) is 12.4 Å². The van der Waals surface area contributed by atoms with E-state index in [1.165, 1.54) is 7.05 Å². The van der Waals surface area contributed by atoms with Crippen molar-refractivity contribution in [2.45, 2.75) is 39.3 Å². The van der Waals surface area contributed by atoms with E-state index in [0.29, 0.717) is 11.8 Å². The Morgan fingerprint density at radius 3 is 2.65 bits per heavy atom. The molecule has 0 radical (unpaired) electrons. The number of carbonyl (C=O) groups is 2. The monoisotopic (exact) mass is 278 g/mol. The molecule has 7 nitrogen and oxygen atoms in total. The first-order valence-corrected chi connectivity index (χ1v) is 6.46. The molecule has 1 aliphatic heterocycles. The van der Waals surface area contributed by atoms with Crippen LogP contribution in [0.2, 0.25) is 0 Å². The molecule has 20 heavy (non-hydrogen) atoms. The maximum atomic E-state index is 11.8. The quantitative estimate of drug-likeness (QED) is 0.818. The van der Waals surface area contributed by atoms with E-state index in [2.05, 4.69) is 15.3 Å². The standard InChI is InChI=1S/C13H18N4O3/c1-7(2)20-10-5-8(3)14-13(16-10)15-9-6-11(18)17(4)12(9)19/h5,7,9H,6H2,1-4H3,(H,14,15,16). The van der Waals surface area contributed by atoms with Crippen molar-refractivity contribution in [3.05, 3.63) is 11.8 Å². The number of hydrogen-bond donors (Lipinski definition) is 1. The van der Waals surface area contributed by atoms with Crippen LogP contribution in [0.3, 0.4) is 0 Å². The first-order chi connectivity index (χ1) is 9.36. The second kappa shape index (κ2) is 5.44. The number of ether oxygens (including phenoxy) is 1. The SMILES string of the molecule is Cc1cc(OC(C)C)nc(NC2CC(=O)N(C)C2=O)n1. The minimum atomic E-state index is -0.610. The minimum Gasteiger partial charge on any atom is -0.475 e. The number of amides is 2. The summed E-state index contributed by atoms with van der Waals surface area (Å²) in [6, 6.07) is 1.11. The van der Waals surface area contributed by atoms with E-state index in [4.69, 9.17) is 4.74 Å². The summed E-state index contributed by atoms with van der Waals surface area (Å²) in [4.78, 5) is 32.8. The van der Waals surface area contributed by atoms with Crippen molar-refractivity contribution in [1.29, 1.82) is 0 Å². The summed E-state index contributed by atoms with van der Waals surface area (Å²) < 4.78 is 5.52. The van der Waals surface area contributed by atoms with Gasteiger partial charge < -0.3 is 10.1 Å².